The Hall–Kier alpha value is -3.32. The van der Waals surface area contributed by atoms with Gasteiger partial charge >= 0.3 is 5.97 Å². The summed E-state index contributed by atoms with van der Waals surface area (Å²) in [5.41, 5.74) is 3.35. The molecule has 0 radical (unpaired) electrons. The third kappa shape index (κ3) is 4.58. The summed E-state index contributed by atoms with van der Waals surface area (Å²) in [7, 11) is 0. The van der Waals surface area contributed by atoms with Gasteiger partial charge in [0.1, 0.15) is 16.3 Å². The second-order valence-corrected chi connectivity index (χ2v) is 5.80. The summed E-state index contributed by atoms with van der Waals surface area (Å²) in [4.78, 5) is 28.2. The van der Waals surface area contributed by atoms with Gasteiger partial charge in [0.2, 0.25) is 0 Å². The Labute approximate surface area is 147 Å². The first kappa shape index (κ1) is 16.5. The van der Waals surface area contributed by atoms with Crippen molar-refractivity contribution >= 4 is 29.4 Å². The Morgan fingerprint density at radius 2 is 2.04 bits per heavy atom. The third-order valence-electron chi connectivity index (χ3n) is 3.07. The predicted molar refractivity (Wildman–Crippen MR) is 95.0 cm³/mol. The molecule has 2 aromatic heterocycles. The number of nitrogens with one attached hydrogen (secondary N) is 1. The number of carbonyl (C=O) groups is 2. The van der Waals surface area contributed by atoms with E-state index >= 15 is 0 Å². The molecule has 6 nitrogen and oxygen atoms in total. The molecular formula is C18H13N3O3S. The van der Waals surface area contributed by atoms with E-state index in [4.69, 9.17) is 4.74 Å². The van der Waals surface area contributed by atoms with E-state index in [2.05, 4.69) is 15.5 Å². The molecule has 1 amide bonds. The van der Waals surface area contributed by atoms with E-state index in [0.29, 0.717) is 16.2 Å². The molecule has 1 aromatic carbocycles. The van der Waals surface area contributed by atoms with Gasteiger partial charge in [0.25, 0.3) is 5.91 Å². The standard InChI is InChI=1S/C18H13N3O3S/c22-17(15-7-1-2-9-19-15)21-20-12-13-5-3-6-14(11-13)24-18(23)16-8-4-10-25-16/h1-12H,(H,21,22)/b20-12+. The van der Waals surface area contributed by atoms with Crippen LogP contribution in [-0.2, 0) is 0 Å². The van der Waals surface area contributed by atoms with Gasteiger partial charge in [-0.3, -0.25) is 9.78 Å². The summed E-state index contributed by atoms with van der Waals surface area (Å²) in [5.74, 6) is -0.414. The smallest absolute Gasteiger partial charge is 0.353 e. The van der Waals surface area contributed by atoms with Crippen LogP contribution in [0.25, 0.3) is 0 Å². The molecule has 0 fully saturated rings. The van der Waals surface area contributed by atoms with Gasteiger partial charge in [-0.25, -0.2) is 10.2 Å². The largest absolute Gasteiger partial charge is 0.422 e. The minimum Gasteiger partial charge on any atom is -0.422 e. The van der Waals surface area contributed by atoms with E-state index in [9.17, 15) is 9.59 Å². The number of nitrogens with zero attached hydrogens (tertiary/aromatic N) is 2. The maximum atomic E-state index is 11.9. The Morgan fingerprint density at radius 3 is 2.80 bits per heavy atom. The van der Waals surface area contributed by atoms with Crippen molar-refractivity contribution in [2.75, 3.05) is 0 Å². The maximum absolute atomic E-state index is 11.9. The first-order chi connectivity index (χ1) is 12.2. The van der Waals surface area contributed by atoms with Crippen LogP contribution >= 0.6 is 11.3 Å². The minimum absolute atomic E-state index is 0.276. The molecule has 3 aromatic rings. The van der Waals surface area contributed by atoms with Crippen molar-refractivity contribution in [3.8, 4) is 5.75 Å². The lowest BCUT2D eigenvalue weighted by Gasteiger charge is -2.03. The highest BCUT2D eigenvalue weighted by molar-refractivity contribution is 7.12. The normalized spacial score (nSPS) is 10.6. The topological polar surface area (TPSA) is 80.6 Å². The lowest BCUT2D eigenvalue weighted by atomic mass is 10.2. The molecule has 2 heterocycles. The van der Waals surface area contributed by atoms with Crippen LogP contribution in [0, 0.1) is 0 Å². The molecule has 0 saturated carbocycles. The molecule has 0 unspecified atom stereocenters. The van der Waals surface area contributed by atoms with Gasteiger partial charge in [-0.1, -0.05) is 24.3 Å². The summed E-state index contributed by atoms with van der Waals surface area (Å²) in [5, 5.41) is 5.69. The van der Waals surface area contributed by atoms with Gasteiger partial charge in [0.05, 0.1) is 6.21 Å². The molecule has 0 saturated heterocycles. The predicted octanol–water partition coefficient (Wildman–Crippen LogP) is 3.13. The molecule has 0 aliphatic carbocycles. The monoisotopic (exact) mass is 351 g/mol. The van der Waals surface area contributed by atoms with Crippen molar-refractivity contribution in [2.24, 2.45) is 5.10 Å². The van der Waals surface area contributed by atoms with E-state index < -0.39 is 11.9 Å². The number of hydrogen-bond acceptors (Lipinski definition) is 6. The second-order valence-electron chi connectivity index (χ2n) is 4.85. The van der Waals surface area contributed by atoms with Gasteiger partial charge in [-0.15, -0.1) is 11.3 Å². The zero-order valence-corrected chi connectivity index (χ0v) is 13.8. The van der Waals surface area contributed by atoms with Gasteiger partial charge < -0.3 is 4.74 Å². The van der Waals surface area contributed by atoms with E-state index in [-0.39, 0.29) is 5.69 Å². The van der Waals surface area contributed by atoms with Crippen molar-refractivity contribution in [2.45, 2.75) is 0 Å². The van der Waals surface area contributed by atoms with Crippen LogP contribution in [0.5, 0.6) is 5.75 Å². The molecule has 1 N–H and O–H groups in total. The number of hydrazone groups is 1. The molecule has 25 heavy (non-hydrogen) atoms. The SMILES string of the molecule is O=C(N/N=C/c1cccc(OC(=O)c2cccs2)c1)c1ccccn1. The van der Waals surface area contributed by atoms with Crippen LogP contribution in [-0.4, -0.2) is 23.1 Å². The van der Waals surface area contributed by atoms with Crippen molar-refractivity contribution < 1.29 is 14.3 Å². The first-order valence-electron chi connectivity index (χ1n) is 7.32. The molecular weight excluding hydrogens is 338 g/mol. The highest BCUT2D eigenvalue weighted by Crippen LogP contribution is 2.16. The Bertz CT molecular complexity index is 893. The number of aromatic nitrogens is 1. The molecule has 3 rings (SSSR count). The van der Waals surface area contributed by atoms with Crippen molar-refractivity contribution in [3.63, 3.8) is 0 Å². The van der Waals surface area contributed by atoms with Crippen LogP contribution in [0.15, 0.2) is 71.3 Å². The number of rotatable bonds is 5. The molecule has 124 valence electrons. The van der Waals surface area contributed by atoms with Gasteiger partial charge in [0, 0.05) is 6.20 Å². The zero-order chi connectivity index (χ0) is 17.5. The fourth-order valence-electron chi connectivity index (χ4n) is 1.93. The van der Waals surface area contributed by atoms with Crippen LogP contribution in [0.4, 0.5) is 0 Å². The number of esters is 1. The van der Waals surface area contributed by atoms with Gasteiger partial charge in [0.15, 0.2) is 0 Å². The number of amides is 1. The summed E-state index contributed by atoms with van der Waals surface area (Å²) in [6, 6.07) is 15.4. The number of ether oxygens (including phenoxy) is 1. The van der Waals surface area contributed by atoms with E-state index in [1.807, 2.05) is 5.38 Å². The molecule has 0 spiro atoms. The van der Waals surface area contributed by atoms with E-state index in [0.717, 1.165) is 0 Å². The van der Waals surface area contributed by atoms with Crippen molar-refractivity contribution in [1.82, 2.24) is 10.4 Å². The lowest BCUT2D eigenvalue weighted by molar-refractivity contribution is 0.0739. The molecule has 7 heteroatoms. The van der Waals surface area contributed by atoms with Crippen LogP contribution in [0.1, 0.15) is 25.7 Å². The average molecular weight is 351 g/mol. The molecule has 0 aliphatic heterocycles. The number of carbonyl (C=O) groups excluding carboxylic acids is 2. The average Bonchev–Trinajstić information content (AvgIpc) is 3.17. The maximum Gasteiger partial charge on any atom is 0.353 e. The number of hydrogen-bond donors (Lipinski definition) is 1. The van der Waals surface area contributed by atoms with E-state index in [1.165, 1.54) is 23.7 Å². The second kappa shape index (κ2) is 7.98. The Balaban J connectivity index is 1.61. The zero-order valence-electron chi connectivity index (χ0n) is 13.0. The molecule has 0 aliphatic rings. The van der Waals surface area contributed by atoms with Crippen molar-refractivity contribution in [1.29, 1.82) is 0 Å². The fourth-order valence-corrected chi connectivity index (χ4v) is 2.53. The number of thiophene rings is 1. The fraction of sp³-hybridized carbons (Fsp3) is 0. The molecule has 0 atom stereocenters. The summed E-state index contributed by atoms with van der Waals surface area (Å²) in [6.45, 7) is 0. The summed E-state index contributed by atoms with van der Waals surface area (Å²) >= 11 is 1.32. The van der Waals surface area contributed by atoms with Gasteiger partial charge in [-0.2, -0.15) is 5.10 Å². The first-order valence-corrected chi connectivity index (χ1v) is 8.20. The number of pyridine rings is 1. The molecule has 0 bridgehead atoms. The van der Waals surface area contributed by atoms with Gasteiger partial charge in [-0.05, 0) is 41.3 Å². The Morgan fingerprint density at radius 1 is 1.12 bits per heavy atom. The highest BCUT2D eigenvalue weighted by atomic mass is 32.1. The minimum atomic E-state index is -0.410. The number of benzene rings is 1. The van der Waals surface area contributed by atoms with Crippen LogP contribution < -0.4 is 10.2 Å². The third-order valence-corrected chi connectivity index (χ3v) is 3.92. The highest BCUT2D eigenvalue weighted by Gasteiger charge is 2.09. The quantitative estimate of drug-likeness (QED) is 0.331. The van der Waals surface area contributed by atoms with E-state index in [1.54, 1.807) is 54.6 Å². The lowest BCUT2D eigenvalue weighted by Crippen LogP contribution is -2.18. The van der Waals surface area contributed by atoms with Crippen LogP contribution in [0.3, 0.4) is 0 Å². The van der Waals surface area contributed by atoms with Crippen LogP contribution in [0.2, 0.25) is 0 Å². The van der Waals surface area contributed by atoms with Crippen molar-refractivity contribution in [3.05, 3.63) is 82.3 Å². The Kier molecular flexibility index (Phi) is 5.28. The summed E-state index contributed by atoms with van der Waals surface area (Å²) < 4.78 is 5.31. The summed E-state index contributed by atoms with van der Waals surface area (Å²) in [6.07, 6.45) is 2.99.